The van der Waals surface area contributed by atoms with Crippen LogP contribution in [0.3, 0.4) is 0 Å². The smallest absolute Gasteiger partial charge is 0.0766 e. The van der Waals surface area contributed by atoms with Gasteiger partial charge in [0.25, 0.3) is 0 Å². The van der Waals surface area contributed by atoms with Crippen molar-refractivity contribution < 1.29 is 5.11 Å². The lowest BCUT2D eigenvalue weighted by Gasteiger charge is -2.35. The summed E-state index contributed by atoms with van der Waals surface area (Å²) in [6.07, 6.45) is 8.81. The van der Waals surface area contributed by atoms with Crippen LogP contribution in [-0.2, 0) is 0 Å². The molecule has 0 spiro atoms. The fourth-order valence-corrected chi connectivity index (χ4v) is 3.44. The molecule has 1 nitrogen and oxygen atoms in total. The van der Waals surface area contributed by atoms with Gasteiger partial charge in [0.05, 0.1) is 13.7 Å². The number of hydrogen-bond donors (Lipinski definition) is 1. The van der Waals surface area contributed by atoms with E-state index in [1.54, 1.807) is 0 Å². The topological polar surface area (TPSA) is 20.2 Å². The fourth-order valence-electron chi connectivity index (χ4n) is 2.24. The lowest BCUT2D eigenvalue weighted by atomic mass is 9.83. The van der Waals surface area contributed by atoms with Crippen molar-refractivity contribution in [2.45, 2.75) is 83.0 Å². The Hall–Kier alpha value is -0.0831. The quantitative estimate of drug-likeness (QED) is 0.725. The third-order valence-corrected chi connectivity index (χ3v) is 9.68. The van der Waals surface area contributed by atoms with Gasteiger partial charge in [-0.2, -0.15) is 0 Å². The molecule has 0 radical (unpaired) electrons. The molecule has 0 bridgehead atoms. The molecule has 1 fully saturated rings. The van der Waals surface area contributed by atoms with E-state index in [1.165, 1.54) is 19.3 Å². The second-order valence-electron chi connectivity index (χ2n) is 7.36. The third kappa shape index (κ3) is 4.25. The average molecular weight is 254 g/mol. The summed E-state index contributed by atoms with van der Waals surface area (Å²) < 4.78 is 0. The van der Waals surface area contributed by atoms with Crippen LogP contribution >= 0.6 is 0 Å². The molecule has 0 atom stereocenters. The predicted octanol–water partition coefficient (Wildman–Crippen LogP) is 4.68. The molecule has 17 heavy (non-hydrogen) atoms. The third-order valence-electron chi connectivity index (χ3n) is 4.75. The summed E-state index contributed by atoms with van der Waals surface area (Å²) in [5.41, 5.74) is 2.04. The second-order valence-corrected chi connectivity index (χ2v) is 12.6. The molecule has 1 rings (SSSR count). The molecule has 0 aromatic rings. The maximum absolute atomic E-state index is 10.4. The Labute approximate surface area is 108 Å². The molecule has 0 aromatic carbocycles. The standard InChI is InChI=1S/C15H30OSi/c1-14(2,3)17(4,5)13-9-12-15(16)10-7-6-8-11-15/h9,13,16H,6-8,10-12H2,1-5H3/b13-9+. The number of hydrogen-bond acceptors (Lipinski definition) is 1. The van der Waals surface area contributed by atoms with Crippen molar-refractivity contribution in [1.82, 2.24) is 0 Å². The maximum atomic E-state index is 10.4. The van der Waals surface area contributed by atoms with Crippen LogP contribution < -0.4 is 0 Å². The van der Waals surface area contributed by atoms with Gasteiger partial charge < -0.3 is 5.11 Å². The maximum Gasteiger partial charge on any atom is 0.0766 e. The average Bonchev–Trinajstić information content (AvgIpc) is 2.16. The minimum absolute atomic E-state index is 0.392. The summed E-state index contributed by atoms with van der Waals surface area (Å²) in [4.78, 5) is 0. The van der Waals surface area contributed by atoms with E-state index in [1.807, 2.05) is 0 Å². The molecule has 100 valence electrons. The molecule has 0 unspecified atom stereocenters. The zero-order valence-electron chi connectivity index (χ0n) is 12.3. The Morgan fingerprint density at radius 2 is 1.65 bits per heavy atom. The van der Waals surface area contributed by atoms with E-state index in [-0.39, 0.29) is 0 Å². The zero-order chi connectivity index (χ0) is 13.2. The first kappa shape index (κ1) is 15.0. The van der Waals surface area contributed by atoms with Crippen molar-refractivity contribution in [1.29, 1.82) is 0 Å². The first-order valence-electron chi connectivity index (χ1n) is 7.06. The van der Waals surface area contributed by atoms with Crippen molar-refractivity contribution in [2.75, 3.05) is 0 Å². The van der Waals surface area contributed by atoms with Crippen molar-refractivity contribution in [3.8, 4) is 0 Å². The Morgan fingerprint density at radius 3 is 2.12 bits per heavy atom. The molecule has 0 amide bonds. The minimum Gasteiger partial charge on any atom is -0.390 e. The highest BCUT2D eigenvalue weighted by Crippen LogP contribution is 2.37. The van der Waals surface area contributed by atoms with E-state index in [0.29, 0.717) is 5.04 Å². The van der Waals surface area contributed by atoms with Crippen molar-refractivity contribution in [3.05, 3.63) is 11.8 Å². The minimum atomic E-state index is -1.31. The first-order chi connectivity index (χ1) is 7.66. The van der Waals surface area contributed by atoms with Gasteiger partial charge in [0.1, 0.15) is 0 Å². The van der Waals surface area contributed by atoms with Crippen LogP contribution in [0, 0.1) is 0 Å². The number of aliphatic hydroxyl groups is 1. The van der Waals surface area contributed by atoms with Gasteiger partial charge in [-0.05, 0) is 24.3 Å². The lowest BCUT2D eigenvalue weighted by molar-refractivity contribution is 0.00698. The van der Waals surface area contributed by atoms with E-state index in [0.717, 1.165) is 19.3 Å². The Bertz CT molecular complexity index is 267. The van der Waals surface area contributed by atoms with Crippen LogP contribution in [0.1, 0.15) is 59.3 Å². The summed E-state index contributed by atoms with van der Waals surface area (Å²) in [5, 5.41) is 10.8. The highest BCUT2D eigenvalue weighted by atomic mass is 28.3. The van der Waals surface area contributed by atoms with Crippen LogP contribution in [-0.4, -0.2) is 18.8 Å². The fraction of sp³-hybridized carbons (Fsp3) is 0.867. The molecule has 1 aliphatic rings. The SMILES string of the molecule is CC(C)(C)[Si](C)(C)/C=C/CC1(O)CCCCC1. The Balaban J connectivity index is 2.55. The second kappa shape index (κ2) is 5.27. The molecule has 0 heterocycles. The van der Waals surface area contributed by atoms with Gasteiger partial charge >= 0.3 is 0 Å². The van der Waals surface area contributed by atoms with E-state index in [4.69, 9.17) is 0 Å². The molecule has 1 N–H and O–H groups in total. The Morgan fingerprint density at radius 1 is 1.12 bits per heavy atom. The Kier molecular flexibility index (Phi) is 4.65. The van der Waals surface area contributed by atoms with Gasteiger partial charge in [-0.1, -0.05) is 64.9 Å². The summed E-state index contributed by atoms with van der Waals surface area (Å²) in [6, 6.07) is 0. The van der Waals surface area contributed by atoms with Gasteiger partial charge in [-0.3, -0.25) is 0 Å². The molecular weight excluding hydrogens is 224 g/mol. The molecule has 1 aliphatic carbocycles. The van der Waals surface area contributed by atoms with Gasteiger partial charge in [0, 0.05) is 0 Å². The zero-order valence-corrected chi connectivity index (χ0v) is 13.3. The van der Waals surface area contributed by atoms with E-state index < -0.39 is 13.7 Å². The monoisotopic (exact) mass is 254 g/mol. The normalized spacial score (nSPS) is 22.0. The predicted molar refractivity (Wildman–Crippen MR) is 79.0 cm³/mol. The summed E-state index contributed by atoms with van der Waals surface area (Å²) in [7, 11) is -1.31. The van der Waals surface area contributed by atoms with Gasteiger partial charge in [-0.15, -0.1) is 0 Å². The lowest BCUT2D eigenvalue weighted by Crippen LogP contribution is -2.35. The van der Waals surface area contributed by atoms with Crippen LogP contribution in [0.25, 0.3) is 0 Å². The van der Waals surface area contributed by atoms with E-state index >= 15 is 0 Å². The van der Waals surface area contributed by atoms with Crippen LogP contribution in [0.2, 0.25) is 18.1 Å². The molecule has 0 aliphatic heterocycles. The largest absolute Gasteiger partial charge is 0.390 e. The molecule has 0 aromatic heterocycles. The summed E-state index contributed by atoms with van der Waals surface area (Å²) >= 11 is 0. The highest BCUT2D eigenvalue weighted by molar-refractivity contribution is 6.84. The summed E-state index contributed by atoms with van der Waals surface area (Å²) in [5.74, 6) is 0. The molecule has 2 heteroatoms. The van der Waals surface area contributed by atoms with Gasteiger partial charge in [0.15, 0.2) is 0 Å². The number of rotatable bonds is 3. The van der Waals surface area contributed by atoms with Crippen LogP contribution in [0.4, 0.5) is 0 Å². The molecule has 0 saturated heterocycles. The van der Waals surface area contributed by atoms with Crippen LogP contribution in [0.15, 0.2) is 11.8 Å². The van der Waals surface area contributed by atoms with Crippen LogP contribution in [0.5, 0.6) is 0 Å². The van der Waals surface area contributed by atoms with Crippen molar-refractivity contribution >= 4 is 8.07 Å². The highest BCUT2D eigenvalue weighted by Gasteiger charge is 2.33. The van der Waals surface area contributed by atoms with E-state index in [2.05, 4.69) is 45.6 Å². The molecule has 1 saturated carbocycles. The van der Waals surface area contributed by atoms with Crippen molar-refractivity contribution in [3.63, 3.8) is 0 Å². The van der Waals surface area contributed by atoms with Crippen molar-refractivity contribution in [2.24, 2.45) is 0 Å². The molecular formula is C15H30OSi. The van der Waals surface area contributed by atoms with Gasteiger partial charge in [-0.25, -0.2) is 0 Å². The van der Waals surface area contributed by atoms with Gasteiger partial charge in [0.2, 0.25) is 0 Å². The van der Waals surface area contributed by atoms with E-state index in [9.17, 15) is 5.11 Å². The first-order valence-corrected chi connectivity index (χ1v) is 10.1. The summed E-state index contributed by atoms with van der Waals surface area (Å²) in [6.45, 7) is 11.8.